The summed E-state index contributed by atoms with van der Waals surface area (Å²) in [4.78, 5) is 38.4. The number of likely N-dealkylation sites (tertiary alicyclic amines) is 2. The number of nitrogens with zero attached hydrogens (tertiary/aromatic N) is 2. The van der Waals surface area contributed by atoms with Crippen molar-refractivity contribution in [3.8, 4) is 0 Å². The molecule has 2 aliphatic rings. The molecule has 1 N–H and O–H groups in total. The molecule has 0 aromatic heterocycles. The van der Waals surface area contributed by atoms with Crippen molar-refractivity contribution < 1.29 is 23.9 Å². The first kappa shape index (κ1) is 16.4. The van der Waals surface area contributed by atoms with Crippen LogP contribution in [0.2, 0.25) is 0 Å². The molecule has 0 spiro atoms. The number of carbonyl (C=O) groups is 3. The third-order valence-electron chi connectivity index (χ3n) is 4.69. The summed E-state index contributed by atoms with van der Waals surface area (Å²) in [6.45, 7) is 0.358. The number of aliphatic carboxylic acids is 1. The Bertz CT molecular complexity index is 666. The molecule has 6 nitrogen and oxygen atoms in total. The van der Waals surface area contributed by atoms with Crippen LogP contribution in [0.4, 0.5) is 4.39 Å². The average Bonchev–Trinajstić information content (AvgIpc) is 3.13. The maximum absolute atomic E-state index is 14.1. The molecule has 0 aliphatic carbocycles. The predicted molar refractivity (Wildman–Crippen MR) is 82.6 cm³/mol. The SMILES string of the molecule is O=C1CC(C(=O)N2CCC(F)(C(=O)O)C2)CN1Cc1ccccc1. The summed E-state index contributed by atoms with van der Waals surface area (Å²) in [5.41, 5.74) is -1.39. The Morgan fingerprint density at radius 1 is 1.29 bits per heavy atom. The minimum absolute atomic E-state index is 0.0744. The summed E-state index contributed by atoms with van der Waals surface area (Å²) in [5.74, 6) is -2.51. The van der Waals surface area contributed by atoms with E-state index in [0.717, 1.165) is 5.56 Å². The zero-order valence-electron chi connectivity index (χ0n) is 13.2. The second-order valence-electron chi connectivity index (χ2n) is 6.44. The molecular formula is C17H19FN2O4. The topological polar surface area (TPSA) is 77.9 Å². The highest BCUT2D eigenvalue weighted by atomic mass is 19.1. The lowest BCUT2D eigenvalue weighted by atomic mass is 10.1. The van der Waals surface area contributed by atoms with Gasteiger partial charge in [-0.25, -0.2) is 9.18 Å². The molecule has 2 aliphatic heterocycles. The number of benzene rings is 1. The van der Waals surface area contributed by atoms with Crippen LogP contribution in [0.15, 0.2) is 30.3 Å². The fourth-order valence-electron chi connectivity index (χ4n) is 3.29. The number of carboxylic acids is 1. The minimum Gasteiger partial charge on any atom is -0.479 e. The van der Waals surface area contributed by atoms with Gasteiger partial charge in [0.25, 0.3) is 0 Å². The Morgan fingerprint density at radius 2 is 2.00 bits per heavy atom. The molecule has 2 amide bonds. The quantitative estimate of drug-likeness (QED) is 0.893. The van der Waals surface area contributed by atoms with Gasteiger partial charge in [0.05, 0.1) is 12.5 Å². The predicted octanol–water partition coefficient (Wildman–Crippen LogP) is 1.06. The van der Waals surface area contributed by atoms with E-state index in [1.54, 1.807) is 4.90 Å². The first-order chi connectivity index (χ1) is 11.4. The highest BCUT2D eigenvalue weighted by Gasteiger charge is 2.48. The number of carbonyl (C=O) groups excluding carboxylic acids is 2. The molecular weight excluding hydrogens is 315 g/mol. The summed E-state index contributed by atoms with van der Waals surface area (Å²) in [5, 5.41) is 8.91. The highest BCUT2D eigenvalue weighted by molar-refractivity contribution is 5.90. The van der Waals surface area contributed by atoms with Crippen molar-refractivity contribution in [3.05, 3.63) is 35.9 Å². The highest BCUT2D eigenvalue weighted by Crippen LogP contribution is 2.29. The van der Waals surface area contributed by atoms with E-state index in [2.05, 4.69) is 0 Å². The van der Waals surface area contributed by atoms with Gasteiger partial charge in [-0.1, -0.05) is 30.3 Å². The summed E-state index contributed by atoms with van der Waals surface area (Å²) >= 11 is 0. The first-order valence-electron chi connectivity index (χ1n) is 7.92. The molecule has 0 saturated carbocycles. The maximum atomic E-state index is 14.1. The number of alkyl halides is 1. The fraction of sp³-hybridized carbons (Fsp3) is 0.471. The van der Waals surface area contributed by atoms with E-state index in [1.165, 1.54) is 4.90 Å². The van der Waals surface area contributed by atoms with E-state index in [0.29, 0.717) is 6.54 Å². The maximum Gasteiger partial charge on any atom is 0.343 e. The number of rotatable bonds is 4. The lowest BCUT2D eigenvalue weighted by Gasteiger charge is -2.21. The Labute approximate surface area is 138 Å². The van der Waals surface area contributed by atoms with Crippen molar-refractivity contribution >= 4 is 17.8 Å². The molecule has 2 saturated heterocycles. The van der Waals surface area contributed by atoms with E-state index in [9.17, 15) is 18.8 Å². The molecule has 1 aromatic rings. The fourth-order valence-corrected chi connectivity index (χ4v) is 3.29. The summed E-state index contributed by atoms with van der Waals surface area (Å²) in [6.07, 6.45) is -0.114. The van der Waals surface area contributed by atoms with Crippen LogP contribution >= 0.6 is 0 Å². The van der Waals surface area contributed by atoms with Crippen LogP contribution in [0.1, 0.15) is 18.4 Å². The number of carboxylic acid groups (broad SMARTS) is 1. The van der Waals surface area contributed by atoms with Crippen molar-refractivity contribution in [1.29, 1.82) is 0 Å². The zero-order chi connectivity index (χ0) is 17.3. The van der Waals surface area contributed by atoms with Crippen molar-refractivity contribution in [2.24, 2.45) is 5.92 Å². The van der Waals surface area contributed by atoms with Crippen LogP contribution < -0.4 is 0 Å². The standard InChI is InChI=1S/C17H19FN2O4/c18-17(16(23)24)6-7-19(11-17)15(22)13-8-14(21)20(10-13)9-12-4-2-1-3-5-12/h1-5,13H,6-11H2,(H,23,24). The van der Waals surface area contributed by atoms with E-state index in [4.69, 9.17) is 5.11 Å². The van der Waals surface area contributed by atoms with Gasteiger partial charge in [-0.2, -0.15) is 0 Å². The normalized spacial score (nSPS) is 26.9. The molecule has 2 unspecified atom stereocenters. The van der Waals surface area contributed by atoms with Gasteiger partial charge in [-0.3, -0.25) is 9.59 Å². The molecule has 128 valence electrons. The van der Waals surface area contributed by atoms with E-state index in [-0.39, 0.29) is 37.7 Å². The molecule has 3 rings (SSSR count). The minimum atomic E-state index is -2.37. The smallest absolute Gasteiger partial charge is 0.343 e. The Kier molecular flexibility index (Phi) is 4.26. The monoisotopic (exact) mass is 334 g/mol. The second kappa shape index (κ2) is 6.22. The third-order valence-corrected chi connectivity index (χ3v) is 4.69. The van der Waals surface area contributed by atoms with Crippen LogP contribution in [0.5, 0.6) is 0 Å². The number of hydrogen-bond acceptors (Lipinski definition) is 3. The van der Waals surface area contributed by atoms with Gasteiger partial charge in [0.2, 0.25) is 17.5 Å². The van der Waals surface area contributed by atoms with Crippen LogP contribution in [0.25, 0.3) is 0 Å². The molecule has 24 heavy (non-hydrogen) atoms. The molecule has 2 atom stereocenters. The lowest BCUT2D eigenvalue weighted by molar-refractivity contribution is -0.150. The van der Waals surface area contributed by atoms with Gasteiger partial charge in [0.1, 0.15) is 0 Å². The molecule has 0 bridgehead atoms. The van der Waals surface area contributed by atoms with Gasteiger partial charge in [-0.15, -0.1) is 0 Å². The van der Waals surface area contributed by atoms with E-state index in [1.807, 2.05) is 30.3 Å². The van der Waals surface area contributed by atoms with Crippen molar-refractivity contribution in [2.45, 2.75) is 25.1 Å². The van der Waals surface area contributed by atoms with Crippen molar-refractivity contribution in [3.63, 3.8) is 0 Å². The van der Waals surface area contributed by atoms with Crippen LogP contribution in [-0.4, -0.2) is 58.0 Å². The van der Waals surface area contributed by atoms with Crippen molar-refractivity contribution in [1.82, 2.24) is 9.80 Å². The van der Waals surface area contributed by atoms with Crippen LogP contribution in [0.3, 0.4) is 0 Å². The average molecular weight is 334 g/mol. The number of halogens is 1. The van der Waals surface area contributed by atoms with Gasteiger partial charge in [-0.05, 0) is 5.56 Å². The summed E-state index contributed by atoms with van der Waals surface area (Å²) in [7, 11) is 0. The zero-order valence-corrected chi connectivity index (χ0v) is 13.2. The lowest BCUT2D eigenvalue weighted by Crippen LogP contribution is -2.41. The van der Waals surface area contributed by atoms with Crippen LogP contribution in [0, 0.1) is 5.92 Å². The van der Waals surface area contributed by atoms with E-state index < -0.39 is 24.1 Å². The van der Waals surface area contributed by atoms with Gasteiger partial charge < -0.3 is 14.9 Å². The van der Waals surface area contributed by atoms with Crippen molar-refractivity contribution in [2.75, 3.05) is 19.6 Å². The Hall–Kier alpha value is -2.44. The third kappa shape index (κ3) is 3.11. The van der Waals surface area contributed by atoms with Gasteiger partial charge >= 0.3 is 5.97 Å². The summed E-state index contributed by atoms with van der Waals surface area (Å²) < 4.78 is 14.1. The Balaban J connectivity index is 1.61. The summed E-state index contributed by atoms with van der Waals surface area (Å²) in [6, 6.07) is 9.48. The molecule has 2 fully saturated rings. The van der Waals surface area contributed by atoms with E-state index >= 15 is 0 Å². The van der Waals surface area contributed by atoms with Gasteiger partial charge in [0.15, 0.2) is 0 Å². The largest absolute Gasteiger partial charge is 0.479 e. The number of amides is 2. The molecule has 7 heteroatoms. The van der Waals surface area contributed by atoms with Gasteiger partial charge in [0, 0.05) is 32.5 Å². The molecule has 2 heterocycles. The number of hydrogen-bond donors (Lipinski definition) is 1. The molecule has 1 aromatic carbocycles. The second-order valence-corrected chi connectivity index (χ2v) is 6.44. The molecule has 0 radical (unpaired) electrons. The van der Waals surface area contributed by atoms with Crippen LogP contribution in [-0.2, 0) is 20.9 Å². The first-order valence-corrected chi connectivity index (χ1v) is 7.92. The Morgan fingerprint density at radius 3 is 2.62 bits per heavy atom.